The lowest BCUT2D eigenvalue weighted by Gasteiger charge is -2.29. The molecule has 4 aromatic rings. The lowest BCUT2D eigenvalue weighted by molar-refractivity contribution is 0.589. The van der Waals surface area contributed by atoms with Gasteiger partial charge in [0.05, 0.1) is 5.52 Å². The van der Waals surface area contributed by atoms with Gasteiger partial charge in [-0.3, -0.25) is 4.68 Å². The number of halogens is 1. The number of nitrogens with zero attached hydrogens (tertiary/aromatic N) is 5. The van der Waals surface area contributed by atoms with E-state index >= 15 is 0 Å². The predicted molar refractivity (Wildman–Crippen MR) is 120 cm³/mol. The number of aromatic nitrogens is 4. The molecular formula is C23H27FN6. The summed E-state index contributed by atoms with van der Waals surface area (Å²) < 4.78 is 16.1. The Morgan fingerprint density at radius 1 is 1.03 bits per heavy atom. The Morgan fingerprint density at radius 2 is 1.80 bits per heavy atom. The highest BCUT2D eigenvalue weighted by Gasteiger charge is 2.15. The van der Waals surface area contributed by atoms with E-state index in [-0.39, 0.29) is 5.82 Å². The maximum absolute atomic E-state index is 14.5. The number of aryl methyl sites for hydroxylation is 2. The number of nitrogens with one attached hydrogen (secondary N) is 1. The first kappa shape index (κ1) is 20.2. The van der Waals surface area contributed by atoms with Crippen molar-refractivity contribution in [2.75, 3.05) is 31.1 Å². The number of rotatable bonds is 2. The molecule has 0 aliphatic carbocycles. The van der Waals surface area contributed by atoms with Gasteiger partial charge in [-0.2, -0.15) is 5.10 Å². The average molecular weight is 407 g/mol. The molecule has 1 fully saturated rings. The molecule has 1 saturated heterocycles. The van der Waals surface area contributed by atoms with Gasteiger partial charge in [-0.1, -0.05) is 13.8 Å². The first-order valence-electron chi connectivity index (χ1n) is 10.5. The van der Waals surface area contributed by atoms with Gasteiger partial charge >= 0.3 is 0 Å². The Morgan fingerprint density at radius 3 is 2.57 bits per heavy atom. The van der Waals surface area contributed by atoms with Crippen LogP contribution in [0.5, 0.6) is 0 Å². The highest BCUT2D eigenvalue weighted by molar-refractivity contribution is 5.88. The number of piperazine rings is 1. The fourth-order valence-corrected chi connectivity index (χ4v) is 3.86. The molecule has 156 valence electrons. The van der Waals surface area contributed by atoms with Crippen LogP contribution in [0.4, 0.5) is 10.1 Å². The lowest BCUT2D eigenvalue weighted by Crippen LogP contribution is -2.43. The minimum Gasteiger partial charge on any atom is -0.369 e. The second-order valence-electron chi connectivity index (χ2n) is 7.27. The summed E-state index contributed by atoms with van der Waals surface area (Å²) in [4.78, 5) is 11.8. The molecule has 0 saturated carbocycles. The molecule has 0 radical (unpaired) electrons. The van der Waals surface area contributed by atoms with E-state index in [0.29, 0.717) is 16.9 Å². The van der Waals surface area contributed by atoms with Gasteiger partial charge in [0.25, 0.3) is 0 Å². The lowest BCUT2D eigenvalue weighted by atomic mass is 10.1. The summed E-state index contributed by atoms with van der Waals surface area (Å²) in [5.41, 5.74) is 3.98. The monoisotopic (exact) mass is 406 g/mol. The highest BCUT2D eigenvalue weighted by atomic mass is 19.1. The number of hydrogen-bond donors (Lipinski definition) is 1. The van der Waals surface area contributed by atoms with Crippen LogP contribution in [-0.2, 0) is 7.05 Å². The zero-order valence-corrected chi connectivity index (χ0v) is 17.9. The zero-order chi connectivity index (χ0) is 21.3. The molecule has 1 N–H and O–H groups in total. The van der Waals surface area contributed by atoms with Gasteiger partial charge in [-0.05, 0) is 37.3 Å². The molecule has 2 aromatic heterocycles. The quantitative estimate of drug-likeness (QED) is 0.544. The standard InChI is InChI=1S/C21H21FN6.C2H6/c1-13-17-11-16(28-7-5-23-6-8-28)3-4-19(17)25-21(24-13)14-9-15-12-27(2)26-20(15)18(22)10-14;1-2/h3-4,9-12,23H,5-8H2,1-2H3;1-2H3. The molecule has 6 nitrogen and oxygen atoms in total. The van der Waals surface area contributed by atoms with Crippen LogP contribution in [0.1, 0.15) is 19.5 Å². The van der Waals surface area contributed by atoms with Gasteiger partial charge in [0, 0.05) is 67.1 Å². The van der Waals surface area contributed by atoms with Crippen LogP contribution in [-0.4, -0.2) is 45.9 Å². The maximum atomic E-state index is 14.5. The van der Waals surface area contributed by atoms with Crippen molar-refractivity contribution in [1.29, 1.82) is 0 Å². The molecule has 0 atom stereocenters. The Kier molecular flexibility index (Phi) is 5.63. The molecule has 0 spiro atoms. The first-order valence-corrected chi connectivity index (χ1v) is 10.5. The van der Waals surface area contributed by atoms with Crippen LogP contribution < -0.4 is 10.2 Å². The third-order valence-electron chi connectivity index (χ3n) is 5.29. The van der Waals surface area contributed by atoms with Crippen LogP contribution in [0, 0.1) is 12.7 Å². The van der Waals surface area contributed by atoms with Crippen LogP contribution in [0.3, 0.4) is 0 Å². The second-order valence-corrected chi connectivity index (χ2v) is 7.27. The van der Waals surface area contributed by atoms with E-state index < -0.39 is 0 Å². The molecule has 0 amide bonds. The van der Waals surface area contributed by atoms with E-state index in [1.165, 1.54) is 11.8 Å². The summed E-state index contributed by atoms with van der Waals surface area (Å²) in [6.45, 7) is 9.96. The molecule has 5 rings (SSSR count). The Hall–Kier alpha value is -3.06. The second kappa shape index (κ2) is 8.36. The third-order valence-corrected chi connectivity index (χ3v) is 5.29. The molecule has 0 unspecified atom stereocenters. The number of hydrogen-bond acceptors (Lipinski definition) is 5. The van der Waals surface area contributed by atoms with E-state index in [0.717, 1.165) is 48.2 Å². The Bertz CT molecular complexity index is 1190. The third kappa shape index (κ3) is 3.73. The van der Waals surface area contributed by atoms with Crippen molar-refractivity contribution < 1.29 is 4.39 Å². The molecular weight excluding hydrogens is 379 g/mol. The summed E-state index contributed by atoms with van der Waals surface area (Å²) in [6.07, 6.45) is 1.80. The van der Waals surface area contributed by atoms with Crippen molar-refractivity contribution in [3.05, 3.63) is 48.0 Å². The molecule has 2 aromatic carbocycles. The fourth-order valence-electron chi connectivity index (χ4n) is 3.86. The zero-order valence-electron chi connectivity index (χ0n) is 17.9. The number of anilines is 1. The summed E-state index contributed by atoms with van der Waals surface area (Å²) in [6, 6.07) is 9.65. The number of benzene rings is 2. The summed E-state index contributed by atoms with van der Waals surface area (Å²) in [5.74, 6) is 0.174. The molecule has 1 aliphatic heterocycles. The molecule has 3 heterocycles. The van der Waals surface area contributed by atoms with Crippen LogP contribution in [0.2, 0.25) is 0 Å². The van der Waals surface area contributed by atoms with Crippen molar-refractivity contribution in [1.82, 2.24) is 25.1 Å². The number of fused-ring (bicyclic) bond motifs is 2. The minimum atomic E-state index is -0.358. The minimum absolute atomic E-state index is 0.358. The fraction of sp³-hybridized carbons (Fsp3) is 0.348. The van der Waals surface area contributed by atoms with Crippen molar-refractivity contribution in [2.24, 2.45) is 7.05 Å². The largest absolute Gasteiger partial charge is 0.369 e. The van der Waals surface area contributed by atoms with Crippen molar-refractivity contribution in [2.45, 2.75) is 20.8 Å². The van der Waals surface area contributed by atoms with Crippen LogP contribution >= 0.6 is 0 Å². The van der Waals surface area contributed by atoms with E-state index in [2.05, 4.69) is 32.4 Å². The van der Waals surface area contributed by atoms with Crippen LogP contribution in [0.25, 0.3) is 33.2 Å². The Balaban J connectivity index is 0.00000106. The summed E-state index contributed by atoms with van der Waals surface area (Å²) >= 11 is 0. The highest BCUT2D eigenvalue weighted by Crippen LogP contribution is 2.28. The average Bonchev–Trinajstić information content (AvgIpc) is 3.16. The molecule has 1 aliphatic rings. The van der Waals surface area contributed by atoms with Crippen molar-refractivity contribution in [3.63, 3.8) is 0 Å². The summed E-state index contributed by atoms with van der Waals surface area (Å²) in [5, 5.41) is 9.31. The van der Waals surface area contributed by atoms with E-state index in [1.807, 2.05) is 32.9 Å². The molecule has 30 heavy (non-hydrogen) atoms. The van der Waals surface area contributed by atoms with Gasteiger partial charge < -0.3 is 10.2 Å². The Labute approximate surface area is 175 Å². The van der Waals surface area contributed by atoms with Crippen LogP contribution in [0.15, 0.2) is 36.5 Å². The maximum Gasteiger partial charge on any atom is 0.160 e. The van der Waals surface area contributed by atoms with E-state index in [4.69, 9.17) is 4.98 Å². The van der Waals surface area contributed by atoms with Gasteiger partial charge in [0.2, 0.25) is 0 Å². The van der Waals surface area contributed by atoms with Gasteiger partial charge in [0.1, 0.15) is 5.52 Å². The summed E-state index contributed by atoms with van der Waals surface area (Å²) in [7, 11) is 1.78. The van der Waals surface area contributed by atoms with Gasteiger partial charge in [0.15, 0.2) is 11.6 Å². The topological polar surface area (TPSA) is 58.9 Å². The smallest absolute Gasteiger partial charge is 0.160 e. The predicted octanol–water partition coefficient (Wildman–Crippen LogP) is 4.07. The van der Waals surface area contributed by atoms with E-state index in [9.17, 15) is 4.39 Å². The molecule has 0 bridgehead atoms. The van der Waals surface area contributed by atoms with Crippen molar-refractivity contribution >= 4 is 27.5 Å². The molecule has 7 heteroatoms. The van der Waals surface area contributed by atoms with Gasteiger partial charge in [-0.25, -0.2) is 14.4 Å². The van der Waals surface area contributed by atoms with Gasteiger partial charge in [-0.15, -0.1) is 0 Å². The normalized spacial score (nSPS) is 14.1. The first-order chi connectivity index (χ1) is 14.6. The SMILES string of the molecule is CC.Cc1nc(-c2cc(F)c3nn(C)cc3c2)nc2ccc(N3CCNCC3)cc12. The van der Waals surface area contributed by atoms with Crippen molar-refractivity contribution in [3.8, 4) is 11.4 Å². The van der Waals surface area contributed by atoms with E-state index in [1.54, 1.807) is 17.9 Å².